The third-order valence-corrected chi connectivity index (χ3v) is 5.70. The molecule has 1 amide bonds. The zero-order valence-electron chi connectivity index (χ0n) is 17.8. The number of ether oxygens (including phenoxy) is 1. The lowest BCUT2D eigenvalue weighted by Crippen LogP contribution is -2.45. The van der Waals surface area contributed by atoms with E-state index in [1.54, 1.807) is 12.1 Å². The minimum atomic E-state index is -3.66. The molecule has 34 heavy (non-hydrogen) atoms. The summed E-state index contributed by atoms with van der Waals surface area (Å²) in [6, 6.07) is 7.45. The number of alkyl halides is 2. The summed E-state index contributed by atoms with van der Waals surface area (Å²) in [5, 5.41) is 19.3. The van der Waals surface area contributed by atoms with Crippen LogP contribution in [-0.4, -0.2) is 57.5 Å². The number of aromatic nitrogens is 1. The number of aromatic carboxylic acids is 1. The van der Waals surface area contributed by atoms with Gasteiger partial charge in [0, 0.05) is 34.3 Å². The van der Waals surface area contributed by atoms with E-state index >= 15 is 0 Å². The van der Waals surface area contributed by atoms with Crippen LogP contribution in [0.1, 0.15) is 34.6 Å². The Labute approximate surface area is 204 Å². The molecule has 2 N–H and O–H groups in total. The van der Waals surface area contributed by atoms with Crippen molar-refractivity contribution >= 4 is 35.3 Å². The zero-order valence-corrected chi connectivity index (χ0v) is 19.3. The van der Waals surface area contributed by atoms with Gasteiger partial charge in [-0.15, -0.1) is 0 Å². The molecule has 0 radical (unpaired) electrons. The molecule has 11 heteroatoms. The number of aliphatic hydroxyl groups excluding tert-OH is 1. The highest BCUT2D eigenvalue weighted by Gasteiger charge is 2.40. The molecule has 0 aliphatic carbocycles. The van der Waals surface area contributed by atoms with E-state index in [0.29, 0.717) is 25.0 Å². The fraction of sp³-hybridized carbons (Fsp3) is 0.348. The Morgan fingerprint density at radius 3 is 2.68 bits per heavy atom. The number of carbonyl (C=O) groups is 2. The number of hydrogen-bond acceptors (Lipinski definition) is 5. The summed E-state index contributed by atoms with van der Waals surface area (Å²) in [4.78, 5) is 28.7. The first-order chi connectivity index (χ1) is 16.1. The van der Waals surface area contributed by atoms with E-state index in [9.17, 15) is 23.5 Å². The molecule has 2 heterocycles. The van der Waals surface area contributed by atoms with Crippen molar-refractivity contribution in [3.8, 4) is 0 Å². The van der Waals surface area contributed by atoms with Crippen LogP contribution in [0.25, 0.3) is 0 Å². The van der Waals surface area contributed by atoms with Crippen LogP contribution >= 0.6 is 23.2 Å². The van der Waals surface area contributed by atoms with Gasteiger partial charge < -0.3 is 19.8 Å². The first-order valence-corrected chi connectivity index (χ1v) is 11.2. The zero-order chi connectivity index (χ0) is 24.9. The van der Waals surface area contributed by atoms with Gasteiger partial charge in [-0.05, 0) is 43.2 Å². The summed E-state index contributed by atoms with van der Waals surface area (Å²) in [6.45, 7) is 0.339. The van der Waals surface area contributed by atoms with Gasteiger partial charge in [-0.2, -0.15) is 8.78 Å². The van der Waals surface area contributed by atoms with Gasteiger partial charge in [0.15, 0.2) is 0 Å². The highest BCUT2D eigenvalue weighted by Crippen LogP contribution is 2.36. The van der Waals surface area contributed by atoms with Gasteiger partial charge in [-0.3, -0.25) is 0 Å². The molecule has 1 aromatic carbocycles. The van der Waals surface area contributed by atoms with Crippen molar-refractivity contribution in [3.63, 3.8) is 0 Å². The molecule has 2 aromatic rings. The Kier molecular flexibility index (Phi) is 8.46. The van der Waals surface area contributed by atoms with E-state index in [4.69, 9.17) is 33.0 Å². The van der Waals surface area contributed by atoms with E-state index in [0.717, 1.165) is 18.2 Å². The van der Waals surface area contributed by atoms with Crippen molar-refractivity contribution in [2.24, 2.45) is 0 Å². The molecular formula is C23H22Cl2F2N2O5. The minimum absolute atomic E-state index is 0.0166. The third-order valence-electron chi connectivity index (χ3n) is 5.27. The van der Waals surface area contributed by atoms with Crippen LogP contribution in [-0.2, 0) is 17.1 Å². The number of cyclic esters (lactones) is 1. The molecule has 1 aliphatic heterocycles. The van der Waals surface area contributed by atoms with Crippen LogP contribution in [0.15, 0.2) is 48.6 Å². The number of carboxylic acid groups (broad SMARTS) is 1. The van der Waals surface area contributed by atoms with Gasteiger partial charge in [0.1, 0.15) is 11.8 Å². The number of carboxylic acids is 1. The summed E-state index contributed by atoms with van der Waals surface area (Å²) < 4.78 is 34.6. The topological polar surface area (TPSA) is 100.0 Å². The molecule has 1 saturated heterocycles. The number of amides is 1. The van der Waals surface area contributed by atoms with E-state index < -0.39 is 35.7 Å². The van der Waals surface area contributed by atoms with Gasteiger partial charge in [0.2, 0.25) is 0 Å². The van der Waals surface area contributed by atoms with Crippen molar-refractivity contribution in [3.05, 3.63) is 75.5 Å². The molecule has 1 aromatic heterocycles. The van der Waals surface area contributed by atoms with E-state index in [-0.39, 0.29) is 28.9 Å². The summed E-state index contributed by atoms with van der Waals surface area (Å²) in [7, 11) is 0. The standard InChI is InChI=1S/C23H22Cl2F2N2O5/c24-15-11-14(12-16(25)13-15)23(26,27)20(30)7-6-18-8-10-34-22(33)29(18)9-2-4-17-3-1-5-19(28-17)21(31)32/h1,3,5-7,11-13,18,20,30H,2,4,8-10H2,(H,31,32)/b7-6+/t18-,20+/m0/s1. The van der Waals surface area contributed by atoms with Crippen LogP contribution in [0, 0.1) is 0 Å². The molecule has 182 valence electrons. The van der Waals surface area contributed by atoms with Crippen molar-refractivity contribution in [1.29, 1.82) is 0 Å². The lowest BCUT2D eigenvalue weighted by atomic mass is 10.0. The maximum absolute atomic E-state index is 14.7. The summed E-state index contributed by atoms with van der Waals surface area (Å²) in [6.07, 6.45) is 0.723. The van der Waals surface area contributed by atoms with Gasteiger partial charge in [0.05, 0.1) is 12.6 Å². The smallest absolute Gasteiger partial charge is 0.410 e. The van der Waals surface area contributed by atoms with Gasteiger partial charge in [-0.25, -0.2) is 14.6 Å². The largest absolute Gasteiger partial charge is 0.477 e. The number of halogens is 4. The molecule has 0 saturated carbocycles. The molecule has 0 bridgehead atoms. The normalized spacial score (nSPS) is 17.6. The molecule has 2 atom stereocenters. The first-order valence-electron chi connectivity index (χ1n) is 10.4. The second-order valence-electron chi connectivity index (χ2n) is 7.70. The predicted octanol–water partition coefficient (Wildman–Crippen LogP) is 4.94. The Bertz CT molecular complexity index is 1060. The quantitative estimate of drug-likeness (QED) is 0.459. The minimum Gasteiger partial charge on any atom is -0.477 e. The second kappa shape index (κ2) is 11.1. The highest BCUT2D eigenvalue weighted by atomic mass is 35.5. The summed E-state index contributed by atoms with van der Waals surface area (Å²) in [5.74, 6) is -4.80. The van der Waals surface area contributed by atoms with Gasteiger partial charge in [0.25, 0.3) is 0 Å². The molecule has 7 nitrogen and oxygen atoms in total. The van der Waals surface area contributed by atoms with Crippen molar-refractivity contribution in [2.75, 3.05) is 13.2 Å². The summed E-state index contributed by atoms with van der Waals surface area (Å²) >= 11 is 11.6. The van der Waals surface area contributed by atoms with E-state index in [2.05, 4.69) is 4.98 Å². The molecular weight excluding hydrogens is 493 g/mol. The Morgan fingerprint density at radius 1 is 1.29 bits per heavy atom. The molecule has 3 rings (SSSR count). The lowest BCUT2D eigenvalue weighted by molar-refractivity contribution is -0.0929. The van der Waals surface area contributed by atoms with Crippen molar-refractivity contribution in [2.45, 2.75) is 37.3 Å². The summed E-state index contributed by atoms with van der Waals surface area (Å²) in [5.41, 5.74) is -0.0580. The lowest BCUT2D eigenvalue weighted by Gasteiger charge is -2.33. The SMILES string of the molecule is O=C(O)c1cccc(CCCN2C(=O)OCC[C@@H]2/C=C/[C@@H](O)C(F)(F)c2cc(Cl)cc(Cl)c2)n1. The van der Waals surface area contributed by atoms with Crippen LogP contribution < -0.4 is 0 Å². The molecule has 0 unspecified atom stereocenters. The van der Waals surface area contributed by atoms with Gasteiger partial charge in [-0.1, -0.05) is 41.4 Å². The third kappa shape index (κ3) is 6.43. The van der Waals surface area contributed by atoms with E-state index in [1.165, 1.54) is 23.1 Å². The predicted molar refractivity (Wildman–Crippen MR) is 121 cm³/mol. The van der Waals surface area contributed by atoms with Crippen LogP contribution in [0.4, 0.5) is 13.6 Å². The fourth-order valence-corrected chi connectivity index (χ4v) is 4.06. The Hall–Kier alpha value is -2.75. The number of aliphatic hydroxyl groups is 1. The van der Waals surface area contributed by atoms with Crippen LogP contribution in [0.2, 0.25) is 10.0 Å². The molecule has 1 fully saturated rings. The Morgan fingerprint density at radius 2 is 2.00 bits per heavy atom. The average molecular weight is 515 g/mol. The number of hydrogen-bond donors (Lipinski definition) is 2. The number of benzene rings is 1. The molecule has 1 aliphatic rings. The number of aryl methyl sites for hydroxylation is 1. The number of pyridine rings is 1. The maximum atomic E-state index is 14.7. The van der Waals surface area contributed by atoms with Gasteiger partial charge >= 0.3 is 18.0 Å². The maximum Gasteiger partial charge on any atom is 0.410 e. The van der Waals surface area contributed by atoms with Crippen LogP contribution in [0.3, 0.4) is 0 Å². The Balaban J connectivity index is 1.66. The first kappa shape index (κ1) is 25.9. The van der Waals surface area contributed by atoms with E-state index in [1.807, 2.05) is 0 Å². The average Bonchev–Trinajstić information content (AvgIpc) is 2.78. The monoisotopic (exact) mass is 514 g/mol. The second-order valence-corrected chi connectivity index (χ2v) is 8.57. The van der Waals surface area contributed by atoms with Crippen molar-refractivity contribution in [1.82, 2.24) is 9.88 Å². The number of nitrogens with zero attached hydrogens (tertiary/aromatic N) is 2. The van der Waals surface area contributed by atoms with Crippen molar-refractivity contribution < 1.29 is 33.3 Å². The highest BCUT2D eigenvalue weighted by molar-refractivity contribution is 6.34. The molecule has 0 spiro atoms. The van der Waals surface area contributed by atoms with Crippen LogP contribution in [0.5, 0.6) is 0 Å². The number of rotatable bonds is 9. The fourth-order valence-electron chi connectivity index (χ4n) is 3.54. The number of carbonyl (C=O) groups excluding carboxylic acids is 1.